The molecular formula is C24H28F2N2O. The molecule has 1 amide bonds. The molecule has 0 radical (unpaired) electrons. The van der Waals surface area contributed by atoms with Gasteiger partial charge in [0.1, 0.15) is 11.6 Å². The molecule has 2 aliphatic rings. The molecule has 2 fully saturated rings. The number of hydrogen-bond donors (Lipinski definition) is 1. The van der Waals surface area contributed by atoms with Gasteiger partial charge in [-0.25, -0.2) is 8.78 Å². The van der Waals surface area contributed by atoms with Crippen molar-refractivity contribution in [2.24, 2.45) is 5.92 Å². The third-order valence-electron chi connectivity index (χ3n) is 6.24. The molecule has 2 aromatic carbocycles. The van der Waals surface area contributed by atoms with Crippen molar-refractivity contribution in [2.75, 3.05) is 13.1 Å². The summed E-state index contributed by atoms with van der Waals surface area (Å²) in [5.41, 5.74) is 2.29. The van der Waals surface area contributed by atoms with Crippen molar-refractivity contribution >= 4 is 5.91 Å². The Bertz CT molecular complexity index is 856. The second-order valence-corrected chi connectivity index (χ2v) is 8.36. The van der Waals surface area contributed by atoms with E-state index >= 15 is 0 Å². The molecule has 29 heavy (non-hydrogen) atoms. The number of piperidine rings is 1. The summed E-state index contributed by atoms with van der Waals surface area (Å²) in [4.78, 5) is 14.7. The van der Waals surface area contributed by atoms with E-state index in [2.05, 4.69) is 10.2 Å². The van der Waals surface area contributed by atoms with Crippen LogP contribution >= 0.6 is 0 Å². The Morgan fingerprint density at radius 1 is 1.00 bits per heavy atom. The fraction of sp³-hybridized carbons (Fsp3) is 0.458. The molecule has 5 heteroatoms. The van der Waals surface area contributed by atoms with E-state index in [-0.39, 0.29) is 17.9 Å². The molecule has 4 rings (SSSR count). The van der Waals surface area contributed by atoms with Crippen molar-refractivity contribution in [1.82, 2.24) is 10.2 Å². The molecule has 3 nitrogen and oxygen atoms in total. The van der Waals surface area contributed by atoms with Gasteiger partial charge >= 0.3 is 0 Å². The van der Waals surface area contributed by atoms with Crippen LogP contribution in [0.15, 0.2) is 42.5 Å². The van der Waals surface area contributed by atoms with E-state index in [4.69, 9.17) is 0 Å². The Morgan fingerprint density at radius 3 is 2.48 bits per heavy atom. The van der Waals surface area contributed by atoms with Crippen LogP contribution in [0, 0.1) is 17.6 Å². The van der Waals surface area contributed by atoms with Crippen LogP contribution in [0.1, 0.15) is 44.1 Å². The van der Waals surface area contributed by atoms with E-state index in [9.17, 15) is 13.6 Å². The molecule has 1 aliphatic heterocycles. The van der Waals surface area contributed by atoms with Crippen molar-refractivity contribution in [3.05, 3.63) is 59.7 Å². The van der Waals surface area contributed by atoms with Gasteiger partial charge in [0.05, 0.1) is 0 Å². The van der Waals surface area contributed by atoms with Crippen LogP contribution in [-0.2, 0) is 11.3 Å². The van der Waals surface area contributed by atoms with Gasteiger partial charge in [0, 0.05) is 43.2 Å². The highest BCUT2D eigenvalue weighted by atomic mass is 19.1. The average molecular weight is 398 g/mol. The standard InChI is InChI=1S/C24H28F2N2O/c25-20-8-9-22(23(26)15-20)19-7-3-4-17(14-19)16-28-12-10-21(11-13-28)27-24(29)18-5-1-2-6-18/h3-4,7-9,14-15,18,21H,1-2,5-6,10-13,16H2,(H,27,29). The van der Waals surface area contributed by atoms with Crippen LogP contribution in [0.3, 0.4) is 0 Å². The van der Waals surface area contributed by atoms with Crippen molar-refractivity contribution in [3.63, 3.8) is 0 Å². The highest BCUT2D eigenvalue weighted by Crippen LogP contribution is 2.27. The molecule has 1 aliphatic carbocycles. The van der Waals surface area contributed by atoms with Crippen LogP contribution in [0.5, 0.6) is 0 Å². The fourth-order valence-corrected chi connectivity index (χ4v) is 4.56. The monoisotopic (exact) mass is 398 g/mol. The van der Waals surface area contributed by atoms with E-state index in [0.717, 1.165) is 62.5 Å². The topological polar surface area (TPSA) is 32.3 Å². The Hall–Kier alpha value is -2.27. The molecule has 1 N–H and O–H groups in total. The van der Waals surface area contributed by atoms with Gasteiger partial charge in [0.15, 0.2) is 0 Å². The lowest BCUT2D eigenvalue weighted by atomic mass is 10.00. The maximum absolute atomic E-state index is 14.1. The van der Waals surface area contributed by atoms with Gasteiger partial charge < -0.3 is 5.32 Å². The smallest absolute Gasteiger partial charge is 0.223 e. The molecular weight excluding hydrogens is 370 g/mol. The van der Waals surface area contributed by atoms with Gasteiger partial charge in [0.2, 0.25) is 5.91 Å². The SMILES string of the molecule is O=C(NC1CCN(Cc2cccc(-c3ccc(F)cc3F)c2)CC1)C1CCCC1. The second-order valence-electron chi connectivity index (χ2n) is 8.36. The Balaban J connectivity index is 1.32. The summed E-state index contributed by atoms with van der Waals surface area (Å²) >= 11 is 0. The number of amides is 1. The minimum absolute atomic E-state index is 0.225. The number of carbonyl (C=O) groups is 1. The summed E-state index contributed by atoms with van der Waals surface area (Å²) in [6.07, 6.45) is 6.36. The first-order chi connectivity index (χ1) is 14.1. The van der Waals surface area contributed by atoms with Crippen molar-refractivity contribution < 1.29 is 13.6 Å². The molecule has 0 aromatic heterocycles. The zero-order valence-electron chi connectivity index (χ0n) is 16.7. The number of hydrogen-bond acceptors (Lipinski definition) is 2. The summed E-state index contributed by atoms with van der Waals surface area (Å²) in [5.74, 6) is -0.635. The van der Waals surface area contributed by atoms with Crippen LogP contribution < -0.4 is 5.32 Å². The third kappa shape index (κ3) is 5.02. The first-order valence-corrected chi connectivity index (χ1v) is 10.7. The number of carbonyl (C=O) groups excluding carboxylic acids is 1. The Morgan fingerprint density at radius 2 is 1.76 bits per heavy atom. The van der Waals surface area contributed by atoms with Crippen LogP contribution in [0.4, 0.5) is 8.78 Å². The third-order valence-corrected chi connectivity index (χ3v) is 6.24. The van der Waals surface area contributed by atoms with E-state index in [1.807, 2.05) is 24.3 Å². The van der Waals surface area contributed by atoms with Gasteiger partial charge in [-0.1, -0.05) is 31.0 Å². The van der Waals surface area contributed by atoms with Crippen LogP contribution in [-0.4, -0.2) is 29.9 Å². The van der Waals surface area contributed by atoms with Crippen molar-refractivity contribution in [1.29, 1.82) is 0 Å². The van der Waals surface area contributed by atoms with Crippen molar-refractivity contribution in [3.8, 4) is 11.1 Å². The number of nitrogens with zero attached hydrogens (tertiary/aromatic N) is 1. The summed E-state index contributed by atoms with van der Waals surface area (Å²) < 4.78 is 27.3. The van der Waals surface area contributed by atoms with E-state index in [1.165, 1.54) is 25.0 Å². The normalized spacial score (nSPS) is 18.8. The zero-order valence-corrected chi connectivity index (χ0v) is 16.7. The van der Waals surface area contributed by atoms with Gasteiger partial charge in [-0.3, -0.25) is 9.69 Å². The molecule has 1 saturated carbocycles. The lowest BCUT2D eigenvalue weighted by Gasteiger charge is -2.33. The van der Waals surface area contributed by atoms with E-state index in [0.29, 0.717) is 5.56 Å². The van der Waals surface area contributed by atoms with Crippen molar-refractivity contribution in [2.45, 2.75) is 51.1 Å². The number of benzene rings is 2. The lowest BCUT2D eigenvalue weighted by molar-refractivity contribution is -0.125. The minimum atomic E-state index is -0.565. The maximum Gasteiger partial charge on any atom is 0.223 e. The van der Waals surface area contributed by atoms with E-state index in [1.54, 1.807) is 0 Å². The van der Waals surface area contributed by atoms with Crippen LogP contribution in [0.25, 0.3) is 11.1 Å². The van der Waals surface area contributed by atoms with Gasteiger partial charge in [0.25, 0.3) is 0 Å². The fourth-order valence-electron chi connectivity index (χ4n) is 4.56. The highest BCUT2D eigenvalue weighted by Gasteiger charge is 2.26. The predicted molar refractivity (Wildman–Crippen MR) is 110 cm³/mol. The van der Waals surface area contributed by atoms with Gasteiger partial charge in [-0.15, -0.1) is 0 Å². The largest absolute Gasteiger partial charge is 0.353 e. The first kappa shape index (κ1) is 20.0. The maximum atomic E-state index is 14.1. The second kappa shape index (κ2) is 9.04. The first-order valence-electron chi connectivity index (χ1n) is 10.7. The quantitative estimate of drug-likeness (QED) is 0.777. The van der Waals surface area contributed by atoms with Gasteiger partial charge in [-0.2, -0.15) is 0 Å². The summed E-state index contributed by atoms with van der Waals surface area (Å²) in [6, 6.07) is 11.8. The number of halogens is 2. The van der Waals surface area contributed by atoms with E-state index < -0.39 is 11.6 Å². The predicted octanol–water partition coefficient (Wildman–Crippen LogP) is 4.90. The summed E-state index contributed by atoms with van der Waals surface area (Å²) in [6.45, 7) is 2.66. The summed E-state index contributed by atoms with van der Waals surface area (Å²) in [7, 11) is 0. The molecule has 1 saturated heterocycles. The van der Waals surface area contributed by atoms with Gasteiger partial charge in [-0.05, 0) is 55.0 Å². The Kier molecular flexibility index (Phi) is 6.24. The number of nitrogens with one attached hydrogen (secondary N) is 1. The number of likely N-dealkylation sites (tertiary alicyclic amines) is 1. The molecule has 154 valence electrons. The molecule has 0 bridgehead atoms. The number of rotatable bonds is 5. The lowest BCUT2D eigenvalue weighted by Crippen LogP contribution is -2.45. The highest BCUT2D eigenvalue weighted by molar-refractivity contribution is 5.79. The minimum Gasteiger partial charge on any atom is -0.353 e. The summed E-state index contributed by atoms with van der Waals surface area (Å²) in [5, 5.41) is 3.25. The van der Waals surface area contributed by atoms with Crippen LogP contribution in [0.2, 0.25) is 0 Å². The average Bonchev–Trinajstić information content (AvgIpc) is 3.25. The molecule has 1 heterocycles. The molecule has 0 atom stereocenters. The molecule has 0 spiro atoms. The molecule has 0 unspecified atom stereocenters. The Labute approximate surface area is 171 Å². The zero-order chi connectivity index (χ0) is 20.2. The molecule has 2 aromatic rings.